The summed E-state index contributed by atoms with van der Waals surface area (Å²) in [6.07, 6.45) is 3.20. The van der Waals surface area contributed by atoms with Crippen LogP contribution in [0.3, 0.4) is 0 Å². The Morgan fingerprint density at radius 2 is 2.00 bits per heavy atom. The van der Waals surface area contributed by atoms with E-state index in [1.165, 1.54) is 12.8 Å². The molecule has 1 amide bonds. The highest BCUT2D eigenvalue weighted by Crippen LogP contribution is 2.11. The molecule has 0 saturated carbocycles. The van der Waals surface area contributed by atoms with Gasteiger partial charge in [0.1, 0.15) is 12.7 Å². The molecule has 0 aromatic heterocycles. The summed E-state index contributed by atoms with van der Waals surface area (Å²) in [6, 6.07) is 9.16. The number of amides is 1. The highest BCUT2D eigenvalue weighted by molar-refractivity contribution is 5.67. The van der Waals surface area contributed by atoms with Gasteiger partial charge in [0.05, 0.1) is 0 Å². The van der Waals surface area contributed by atoms with Gasteiger partial charge in [0, 0.05) is 6.54 Å². The first-order valence-electron chi connectivity index (χ1n) is 6.87. The Hall–Kier alpha value is -1.55. The molecule has 1 aromatic rings. The Morgan fingerprint density at radius 3 is 2.68 bits per heavy atom. The Labute approximate surface area is 114 Å². The van der Waals surface area contributed by atoms with E-state index in [0.717, 1.165) is 18.4 Å². The number of hydrogen-bond acceptors (Lipinski definition) is 3. The zero-order valence-corrected chi connectivity index (χ0v) is 11.5. The van der Waals surface area contributed by atoms with Gasteiger partial charge in [0.15, 0.2) is 0 Å². The summed E-state index contributed by atoms with van der Waals surface area (Å²) in [4.78, 5) is 11.4. The molecule has 0 aliphatic heterocycles. The minimum absolute atomic E-state index is 0.0230. The van der Waals surface area contributed by atoms with E-state index in [1.54, 1.807) is 12.1 Å². The van der Waals surface area contributed by atoms with Crippen LogP contribution in [0.1, 0.15) is 44.3 Å². The molecular formula is C15H23NO3. The molecule has 1 aromatic carbocycles. The second-order valence-corrected chi connectivity index (χ2v) is 4.51. The first kappa shape index (κ1) is 15.5. The number of nitrogens with one attached hydrogen (secondary N) is 1. The monoisotopic (exact) mass is 265 g/mol. The van der Waals surface area contributed by atoms with Gasteiger partial charge in [-0.05, 0) is 12.0 Å². The van der Waals surface area contributed by atoms with Crippen molar-refractivity contribution in [1.29, 1.82) is 0 Å². The van der Waals surface area contributed by atoms with Crippen LogP contribution in [-0.2, 0) is 4.74 Å². The van der Waals surface area contributed by atoms with Crippen molar-refractivity contribution in [3.05, 3.63) is 35.9 Å². The van der Waals surface area contributed by atoms with Crippen molar-refractivity contribution in [2.45, 2.75) is 38.7 Å². The zero-order valence-electron chi connectivity index (χ0n) is 11.5. The van der Waals surface area contributed by atoms with Crippen LogP contribution in [0.25, 0.3) is 0 Å². The Balaban J connectivity index is 2.13. The summed E-state index contributed by atoms with van der Waals surface area (Å²) in [7, 11) is 0. The maximum atomic E-state index is 11.4. The van der Waals surface area contributed by atoms with Crippen molar-refractivity contribution in [2.75, 3.05) is 13.2 Å². The van der Waals surface area contributed by atoms with E-state index in [-0.39, 0.29) is 6.61 Å². The van der Waals surface area contributed by atoms with E-state index in [0.29, 0.717) is 6.54 Å². The second-order valence-electron chi connectivity index (χ2n) is 4.51. The molecule has 2 N–H and O–H groups in total. The van der Waals surface area contributed by atoms with Crippen molar-refractivity contribution in [3.8, 4) is 0 Å². The smallest absolute Gasteiger partial charge is 0.407 e. The second kappa shape index (κ2) is 9.39. The van der Waals surface area contributed by atoms with Crippen LogP contribution in [0, 0.1) is 0 Å². The number of carbonyl (C=O) groups excluding carboxylic acids is 1. The van der Waals surface area contributed by atoms with E-state index in [9.17, 15) is 9.90 Å². The number of alkyl carbamates (subject to hydrolysis) is 1. The van der Waals surface area contributed by atoms with Gasteiger partial charge in [0.25, 0.3) is 0 Å². The van der Waals surface area contributed by atoms with Gasteiger partial charge in [0.2, 0.25) is 0 Å². The molecule has 4 nitrogen and oxygen atoms in total. The number of aliphatic hydroxyl groups excluding tert-OH is 1. The molecule has 1 rings (SSSR count). The van der Waals surface area contributed by atoms with Crippen molar-refractivity contribution in [3.63, 3.8) is 0 Å². The standard InChI is InChI=1S/C15H23NO3/c1-2-3-4-8-11-16-15(18)19-12-14(17)13-9-6-5-7-10-13/h5-7,9-10,14,17H,2-4,8,11-12H2,1H3,(H,16,18). The molecule has 0 heterocycles. The van der Waals surface area contributed by atoms with E-state index < -0.39 is 12.2 Å². The van der Waals surface area contributed by atoms with Gasteiger partial charge < -0.3 is 15.2 Å². The van der Waals surface area contributed by atoms with Crippen LogP contribution in [0.4, 0.5) is 4.79 Å². The fraction of sp³-hybridized carbons (Fsp3) is 0.533. The van der Waals surface area contributed by atoms with Gasteiger partial charge in [-0.1, -0.05) is 56.5 Å². The van der Waals surface area contributed by atoms with Gasteiger partial charge in [-0.15, -0.1) is 0 Å². The average Bonchev–Trinajstić information content (AvgIpc) is 2.45. The topological polar surface area (TPSA) is 58.6 Å². The fourth-order valence-electron chi connectivity index (χ4n) is 1.72. The summed E-state index contributed by atoms with van der Waals surface area (Å²) in [5.74, 6) is 0. The van der Waals surface area contributed by atoms with E-state index >= 15 is 0 Å². The zero-order chi connectivity index (χ0) is 13.9. The van der Waals surface area contributed by atoms with Crippen LogP contribution >= 0.6 is 0 Å². The summed E-state index contributed by atoms with van der Waals surface area (Å²) in [5, 5.41) is 12.5. The number of carbonyl (C=O) groups is 1. The van der Waals surface area contributed by atoms with Crippen LogP contribution in [0.5, 0.6) is 0 Å². The molecular weight excluding hydrogens is 242 g/mol. The van der Waals surface area contributed by atoms with Crippen LogP contribution in [-0.4, -0.2) is 24.4 Å². The predicted molar refractivity (Wildman–Crippen MR) is 74.9 cm³/mol. The molecule has 106 valence electrons. The Morgan fingerprint density at radius 1 is 1.26 bits per heavy atom. The molecule has 0 saturated heterocycles. The highest BCUT2D eigenvalue weighted by Gasteiger charge is 2.09. The van der Waals surface area contributed by atoms with E-state index in [4.69, 9.17) is 4.74 Å². The molecule has 19 heavy (non-hydrogen) atoms. The number of benzene rings is 1. The largest absolute Gasteiger partial charge is 0.446 e. The third-order valence-electron chi connectivity index (χ3n) is 2.86. The SMILES string of the molecule is CCCCCCNC(=O)OCC(O)c1ccccc1. The predicted octanol–water partition coefficient (Wildman–Crippen LogP) is 3.03. The number of rotatable bonds is 8. The molecule has 0 aliphatic rings. The minimum Gasteiger partial charge on any atom is -0.446 e. The molecule has 0 fully saturated rings. The molecule has 0 aliphatic carbocycles. The quantitative estimate of drug-likeness (QED) is 0.710. The van der Waals surface area contributed by atoms with Gasteiger partial charge >= 0.3 is 6.09 Å². The highest BCUT2D eigenvalue weighted by atomic mass is 16.6. The molecule has 4 heteroatoms. The minimum atomic E-state index is -0.771. The van der Waals surface area contributed by atoms with Crippen LogP contribution in [0.2, 0.25) is 0 Å². The van der Waals surface area contributed by atoms with Gasteiger partial charge in [-0.3, -0.25) is 0 Å². The lowest BCUT2D eigenvalue weighted by Crippen LogP contribution is -2.27. The van der Waals surface area contributed by atoms with Crippen molar-refractivity contribution < 1.29 is 14.6 Å². The van der Waals surface area contributed by atoms with Crippen LogP contribution < -0.4 is 5.32 Å². The molecule has 0 spiro atoms. The lowest BCUT2D eigenvalue weighted by atomic mass is 10.1. The van der Waals surface area contributed by atoms with Crippen molar-refractivity contribution >= 4 is 6.09 Å². The van der Waals surface area contributed by atoms with E-state index in [2.05, 4.69) is 12.2 Å². The van der Waals surface area contributed by atoms with E-state index in [1.807, 2.05) is 18.2 Å². The van der Waals surface area contributed by atoms with Gasteiger partial charge in [-0.2, -0.15) is 0 Å². The van der Waals surface area contributed by atoms with Crippen molar-refractivity contribution in [1.82, 2.24) is 5.32 Å². The summed E-state index contributed by atoms with van der Waals surface area (Å²) in [6.45, 7) is 2.75. The molecule has 0 radical (unpaired) electrons. The number of aliphatic hydroxyl groups is 1. The summed E-state index contributed by atoms with van der Waals surface area (Å²) in [5.41, 5.74) is 0.748. The Bertz CT molecular complexity index is 354. The third kappa shape index (κ3) is 6.82. The number of hydrogen-bond donors (Lipinski definition) is 2. The maximum Gasteiger partial charge on any atom is 0.407 e. The lowest BCUT2D eigenvalue weighted by molar-refractivity contribution is 0.0681. The third-order valence-corrected chi connectivity index (χ3v) is 2.86. The first-order valence-corrected chi connectivity index (χ1v) is 6.87. The van der Waals surface area contributed by atoms with Gasteiger partial charge in [-0.25, -0.2) is 4.79 Å². The van der Waals surface area contributed by atoms with Crippen LogP contribution in [0.15, 0.2) is 30.3 Å². The first-order chi connectivity index (χ1) is 9.24. The number of ether oxygens (including phenoxy) is 1. The normalized spacial score (nSPS) is 11.9. The fourth-order valence-corrected chi connectivity index (χ4v) is 1.72. The molecule has 1 atom stereocenters. The van der Waals surface area contributed by atoms with Crippen molar-refractivity contribution in [2.24, 2.45) is 0 Å². The Kier molecular flexibility index (Phi) is 7.66. The molecule has 1 unspecified atom stereocenters. The number of unbranched alkanes of at least 4 members (excludes halogenated alkanes) is 3. The summed E-state index contributed by atoms with van der Waals surface area (Å²) >= 11 is 0. The maximum absolute atomic E-state index is 11.4. The lowest BCUT2D eigenvalue weighted by Gasteiger charge is -2.12. The molecule has 0 bridgehead atoms. The summed E-state index contributed by atoms with van der Waals surface area (Å²) < 4.78 is 4.96. The average molecular weight is 265 g/mol.